The second-order valence-electron chi connectivity index (χ2n) is 4.59. The number of ketones is 1. The van der Waals surface area contributed by atoms with E-state index < -0.39 is 0 Å². The Bertz CT molecular complexity index is 537. The summed E-state index contributed by atoms with van der Waals surface area (Å²) < 4.78 is 10.8. The average Bonchev–Trinajstić information content (AvgIpc) is 2.85. The van der Waals surface area contributed by atoms with Gasteiger partial charge in [0.1, 0.15) is 23.1 Å². The highest BCUT2D eigenvalue weighted by molar-refractivity contribution is 5.75. The quantitative estimate of drug-likeness (QED) is 0.797. The van der Waals surface area contributed by atoms with Crippen LogP contribution in [0.1, 0.15) is 30.4 Å². The zero-order valence-corrected chi connectivity index (χ0v) is 11.3. The van der Waals surface area contributed by atoms with Crippen molar-refractivity contribution in [1.82, 2.24) is 0 Å². The monoisotopic (exact) mass is 258 g/mol. The molecule has 0 unspecified atom stereocenters. The number of aryl methyl sites for hydroxylation is 1. The summed E-state index contributed by atoms with van der Waals surface area (Å²) in [5, 5.41) is 0. The van der Waals surface area contributed by atoms with Crippen LogP contribution in [0.15, 0.2) is 40.8 Å². The molecule has 1 aromatic heterocycles. The van der Waals surface area contributed by atoms with Crippen molar-refractivity contribution in [1.29, 1.82) is 0 Å². The van der Waals surface area contributed by atoms with E-state index in [4.69, 9.17) is 9.15 Å². The number of Topliss-reactive ketones (excluding diaryl/α,β-unsaturated/α-hetero) is 1. The summed E-state index contributed by atoms with van der Waals surface area (Å²) in [5.74, 6) is 2.83. The maximum absolute atomic E-state index is 10.9. The number of ether oxygens (including phenoxy) is 1. The Morgan fingerprint density at radius 2 is 1.79 bits per heavy atom. The molecule has 1 aromatic carbocycles. The number of hydrogen-bond donors (Lipinski definition) is 0. The molecule has 0 atom stereocenters. The van der Waals surface area contributed by atoms with Gasteiger partial charge in [-0.2, -0.15) is 0 Å². The molecule has 0 amide bonds. The highest BCUT2D eigenvalue weighted by Crippen LogP contribution is 2.17. The molecule has 0 saturated heterocycles. The highest BCUT2D eigenvalue weighted by atomic mass is 16.5. The molecule has 0 aliphatic heterocycles. The second kappa shape index (κ2) is 6.23. The lowest BCUT2D eigenvalue weighted by atomic mass is 10.1. The van der Waals surface area contributed by atoms with Crippen molar-refractivity contribution in [3.8, 4) is 5.75 Å². The van der Waals surface area contributed by atoms with Crippen LogP contribution in [-0.2, 0) is 17.6 Å². The first-order chi connectivity index (χ1) is 9.17. The normalized spacial score (nSPS) is 10.4. The van der Waals surface area contributed by atoms with Crippen LogP contribution in [-0.4, -0.2) is 12.9 Å². The summed E-state index contributed by atoms with van der Waals surface area (Å²) in [6, 6.07) is 11.8. The van der Waals surface area contributed by atoms with Crippen LogP contribution in [0.5, 0.6) is 5.75 Å². The van der Waals surface area contributed by atoms with Crippen LogP contribution in [0.25, 0.3) is 0 Å². The summed E-state index contributed by atoms with van der Waals surface area (Å²) in [4.78, 5) is 10.9. The smallest absolute Gasteiger partial charge is 0.130 e. The van der Waals surface area contributed by atoms with Crippen molar-refractivity contribution in [2.24, 2.45) is 0 Å². The van der Waals surface area contributed by atoms with Gasteiger partial charge in [-0.15, -0.1) is 0 Å². The van der Waals surface area contributed by atoms with E-state index >= 15 is 0 Å². The molecular formula is C16H18O3. The van der Waals surface area contributed by atoms with Crippen molar-refractivity contribution in [3.05, 3.63) is 53.5 Å². The minimum Gasteiger partial charge on any atom is -0.497 e. The molecule has 0 aliphatic carbocycles. The number of benzene rings is 1. The molecule has 100 valence electrons. The van der Waals surface area contributed by atoms with Crippen LogP contribution in [0, 0.1) is 0 Å². The van der Waals surface area contributed by atoms with E-state index in [1.54, 1.807) is 14.0 Å². The van der Waals surface area contributed by atoms with Crippen LogP contribution >= 0.6 is 0 Å². The fraction of sp³-hybridized carbons (Fsp3) is 0.312. The van der Waals surface area contributed by atoms with Gasteiger partial charge in [0.25, 0.3) is 0 Å². The predicted molar refractivity (Wildman–Crippen MR) is 73.5 cm³/mol. The van der Waals surface area contributed by atoms with Crippen LogP contribution in [0.2, 0.25) is 0 Å². The standard InChI is InChI=1S/C16H18O3/c1-12(17)3-6-15-9-10-16(19-15)11-13-4-7-14(18-2)8-5-13/h4-5,7-10H,3,6,11H2,1-2H3. The Kier molecular flexibility index (Phi) is 4.39. The Morgan fingerprint density at radius 1 is 1.11 bits per heavy atom. The van der Waals surface area contributed by atoms with E-state index in [-0.39, 0.29) is 5.78 Å². The largest absolute Gasteiger partial charge is 0.497 e. The first kappa shape index (κ1) is 13.4. The average molecular weight is 258 g/mol. The molecule has 0 saturated carbocycles. The molecule has 2 rings (SSSR count). The molecule has 0 aliphatic rings. The van der Waals surface area contributed by atoms with Gasteiger partial charge in [0.2, 0.25) is 0 Å². The van der Waals surface area contributed by atoms with Crippen molar-refractivity contribution in [2.75, 3.05) is 7.11 Å². The summed E-state index contributed by atoms with van der Waals surface area (Å²) in [6.45, 7) is 1.60. The van der Waals surface area contributed by atoms with Crippen molar-refractivity contribution >= 4 is 5.78 Å². The van der Waals surface area contributed by atoms with E-state index in [0.29, 0.717) is 12.8 Å². The van der Waals surface area contributed by atoms with Gasteiger partial charge in [0, 0.05) is 19.3 Å². The summed E-state index contributed by atoms with van der Waals surface area (Å²) in [7, 11) is 1.66. The fourth-order valence-electron chi connectivity index (χ4n) is 1.90. The summed E-state index contributed by atoms with van der Waals surface area (Å²) >= 11 is 0. The summed E-state index contributed by atoms with van der Waals surface area (Å²) in [6.07, 6.45) is 1.97. The van der Waals surface area contributed by atoms with Crippen LogP contribution in [0.4, 0.5) is 0 Å². The Balaban J connectivity index is 1.96. The molecule has 0 radical (unpaired) electrons. The lowest BCUT2D eigenvalue weighted by Gasteiger charge is -2.01. The third-order valence-electron chi connectivity index (χ3n) is 2.98. The van der Waals surface area contributed by atoms with Gasteiger partial charge in [-0.25, -0.2) is 0 Å². The molecule has 1 heterocycles. The van der Waals surface area contributed by atoms with Crippen molar-refractivity contribution in [3.63, 3.8) is 0 Å². The zero-order valence-electron chi connectivity index (χ0n) is 11.3. The molecule has 0 spiro atoms. The van der Waals surface area contributed by atoms with E-state index in [0.717, 1.165) is 23.7 Å². The SMILES string of the molecule is COc1ccc(Cc2ccc(CCC(C)=O)o2)cc1. The fourth-order valence-corrected chi connectivity index (χ4v) is 1.90. The molecule has 0 N–H and O–H groups in total. The molecular weight excluding hydrogens is 240 g/mol. The Labute approximate surface area is 113 Å². The Hall–Kier alpha value is -2.03. The topological polar surface area (TPSA) is 39.4 Å². The molecule has 19 heavy (non-hydrogen) atoms. The van der Waals surface area contributed by atoms with E-state index in [9.17, 15) is 4.79 Å². The number of rotatable bonds is 6. The molecule has 3 nitrogen and oxygen atoms in total. The maximum Gasteiger partial charge on any atom is 0.130 e. The van der Waals surface area contributed by atoms with Crippen molar-refractivity contribution < 1.29 is 13.9 Å². The van der Waals surface area contributed by atoms with Gasteiger partial charge in [-0.1, -0.05) is 12.1 Å². The van der Waals surface area contributed by atoms with Crippen LogP contribution < -0.4 is 4.74 Å². The van der Waals surface area contributed by atoms with Gasteiger partial charge in [0.15, 0.2) is 0 Å². The minimum atomic E-state index is 0.188. The minimum absolute atomic E-state index is 0.188. The number of hydrogen-bond acceptors (Lipinski definition) is 3. The van der Waals surface area contributed by atoms with Gasteiger partial charge in [-0.3, -0.25) is 0 Å². The third-order valence-corrected chi connectivity index (χ3v) is 2.98. The number of carbonyl (C=O) groups is 1. The molecule has 3 heteroatoms. The highest BCUT2D eigenvalue weighted by Gasteiger charge is 2.05. The van der Waals surface area contributed by atoms with Gasteiger partial charge in [0.05, 0.1) is 7.11 Å². The number of methoxy groups -OCH3 is 1. The molecule has 0 bridgehead atoms. The van der Waals surface area contributed by atoms with Crippen LogP contribution in [0.3, 0.4) is 0 Å². The van der Waals surface area contributed by atoms with Gasteiger partial charge >= 0.3 is 0 Å². The van der Waals surface area contributed by atoms with Gasteiger partial charge < -0.3 is 13.9 Å². The first-order valence-corrected chi connectivity index (χ1v) is 6.37. The second-order valence-corrected chi connectivity index (χ2v) is 4.59. The lowest BCUT2D eigenvalue weighted by Crippen LogP contribution is -1.92. The third kappa shape index (κ3) is 3.98. The summed E-state index contributed by atoms with van der Waals surface area (Å²) in [5.41, 5.74) is 1.17. The van der Waals surface area contributed by atoms with E-state index in [1.807, 2.05) is 36.4 Å². The van der Waals surface area contributed by atoms with Gasteiger partial charge in [-0.05, 0) is 36.8 Å². The number of carbonyl (C=O) groups excluding carboxylic acids is 1. The Morgan fingerprint density at radius 3 is 2.42 bits per heavy atom. The lowest BCUT2D eigenvalue weighted by molar-refractivity contribution is -0.117. The number of furan rings is 1. The van der Waals surface area contributed by atoms with E-state index in [1.165, 1.54) is 5.56 Å². The first-order valence-electron chi connectivity index (χ1n) is 6.37. The van der Waals surface area contributed by atoms with Crippen molar-refractivity contribution in [2.45, 2.75) is 26.2 Å². The maximum atomic E-state index is 10.9. The zero-order chi connectivity index (χ0) is 13.7. The molecule has 0 fully saturated rings. The van der Waals surface area contributed by atoms with E-state index in [2.05, 4.69) is 0 Å². The predicted octanol–water partition coefficient (Wildman–Crippen LogP) is 3.40. The molecule has 2 aromatic rings.